The van der Waals surface area contributed by atoms with Crippen molar-refractivity contribution in [2.45, 2.75) is 59.5 Å². The van der Waals surface area contributed by atoms with Crippen molar-refractivity contribution < 1.29 is 0 Å². The first-order chi connectivity index (χ1) is 9.90. The molecule has 2 rings (SSSR count). The Morgan fingerprint density at radius 3 is 2.81 bits per heavy atom. The smallest absolute Gasteiger partial charge is 0.283 e. The van der Waals surface area contributed by atoms with Gasteiger partial charge in [-0.1, -0.05) is 40.5 Å². The van der Waals surface area contributed by atoms with Gasteiger partial charge in [0.25, 0.3) is 5.56 Å². The summed E-state index contributed by atoms with van der Waals surface area (Å²) in [5, 5.41) is 7.83. The molecule has 5 heteroatoms. The van der Waals surface area contributed by atoms with Crippen LogP contribution in [-0.2, 0) is 6.54 Å². The van der Waals surface area contributed by atoms with Gasteiger partial charge in [-0.25, -0.2) is 4.68 Å². The normalized spacial score (nSPS) is 26.1. The molecule has 0 radical (unpaired) electrons. The fourth-order valence-corrected chi connectivity index (χ4v) is 3.45. The lowest BCUT2D eigenvalue weighted by atomic mass is 9.78. The van der Waals surface area contributed by atoms with E-state index in [-0.39, 0.29) is 5.56 Å². The molecule has 0 bridgehead atoms. The van der Waals surface area contributed by atoms with E-state index in [0.717, 1.165) is 18.0 Å². The lowest BCUT2D eigenvalue weighted by Gasteiger charge is -2.35. The van der Waals surface area contributed by atoms with Gasteiger partial charge in [0.1, 0.15) is 4.47 Å². The van der Waals surface area contributed by atoms with E-state index in [2.05, 4.69) is 54.0 Å². The molecular weight excluding hydrogens is 330 g/mol. The zero-order valence-corrected chi connectivity index (χ0v) is 15.0. The van der Waals surface area contributed by atoms with E-state index in [1.54, 1.807) is 6.20 Å². The minimum Gasteiger partial charge on any atom is -0.380 e. The van der Waals surface area contributed by atoms with E-state index in [1.165, 1.54) is 17.5 Å². The van der Waals surface area contributed by atoms with E-state index in [1.807, 2.05) is 0 Å². The van der Waals surface area contributed by atoms with Crippen LogP contribution in [0.1, 0.15) is 47.0 Å². The quantitative estimate of drug-likeness (QED) is 0.890. The van der Waals surface area contributed by atoms with E-state index in [9.17, 15) is 4.79 Å². The van der Waals surface area contributed by atoms with Crippen LogP contribution in [0.5, 0.6) is 0 Å². The maximum atomic E-state index is 12.3. The average Bonchev–Trinajstić information content (AvgIpc) is 2.43. The molecule has 0 spiro atoms. The fraction of sp³-hybridized carbons (Fsp3) is 0.750. The summed E-state index contributed by atoms with van der Waals surface area (Å²) < 4.78 is 2.14. The molecule has 1 aromatic heterocycles. The number of nitrogens with one attached hydrogen (secondary N) is 1. The Bertz CT molecular complexity index is 541. The highest BCUT2D eigenvalue weighted by Gasteiger charge is 2.27. The fourth-order valence-electron chi connectivity index (χ4n) is 3.03. The van der Waals surface area contributed by atoms with Crippen molar-refractivity contribution in [3.63, 3.8) is 0 Å². The molecular formula is C16H26BrN3O. The lowest BCUT2D eigenvalue weighted by molar-refractivity contribution is 0.253. The Hall–Kier alpha value is -0.840. The summed E-state index contributed by atoms with van der Waals surface area (Å²) in [6, 6.07) is 0.423. The Balaban J connectivity index is 2.17. The largest absolute Gasteiger partial charge is 0.380 e. The molecule has 1 aliphatic rings. The van der Waals surface area contributed by atoms with E-state index in [4.69, 9.17) is 0 Å². The summed E-state index contributed by atoms with van der Waals surface area (Å²) in [6.45, 7) is 9.42. The average molecular weight is 356 g/mol. The molecule has 3 atom stereocenters. The van der Waals surface area contributed by atoms with Crippen LogP contribution in [0.15, 0.2) is 15.5 Å². The minimum absolute atomic E-state index is 0.0507. The molecule has 1 saturated carbocycles. The molecule has 118 valence electrons. The van der Waals surface area contributed by atoms with Crippen molar-refractivity contribution in [1.82, 2.24) is 9.78 Å². The first-order valence-corrected chi connectivity index (χ1v) is 8.71. The predicted octanol–water partition coefficient (Wildman–Crippen LogP) is 3.90. The number of anilines is 1. The monoisotopic (exact) mass is 355 g/mol. The highest BCUT2D eigenvalue weighted by Crippen LogP contribution is 2.32. The number of hydrogen-bond acceptors (Lipinski definition) is 3. The second kappa shape index (κ2) is 6.95. The van der Waals surface area contributed by atoms with Gasteiger partial charge in [-0.05, 0) is 40.1 Å². The first-order valence-electron chi connectivity index (χ1n) is 7.92. The second-order valence-electron chi connectivity index (χ2n) is 6.77. The molecule has 4 nitrogen and oxygen atoms in total. The van der Waals surface area contributed by atoms with Crippen molar-refractivity contribution in [3.05, 3.63) is 21.0 Å². The van der Waals surface area contributed by atoms with Crippen molar-refractivity contribution in [3.8, 4) is 0 Å². The number of hydrogen-bond donors (Lipinski definition) is 1. The highest BCUT2D eigenvalue weighted by molar-refractivity contribution is 9.10. The summed E-state index contributed by atoms with van der Waals surface area (Å²) in [6.07, 6.45) is 5.49. The molecule has 1 fully saturated rings. The molecule has 1 N–H and O–H groups in total. The van der Waals surface area contributed by atoms with Gasteiger partial charge < -0.3 is 5.32 Å². The van der Waals surface area contributed by atoms with Crippen molar-refractivity contribution in [2.75, 3.05) is 5.32 Å². The lowest BCUT2D eigenvalue weighted by Crippen LogP contribution is -2.36. The van der Waals surface area contributed by atoms with Crippen LogP contribution in [0.4, 0.5) is 5.69 Å². The molecule has 21 heavy (non-hydrogen) atoms. The number of rotatable bonds is 4. The van der Waals surface area contributed by atoms with Gasteiger partial charge in [0, 0.05) is 12.6 Å². The van der Waals surface area contributed by atoms with Crippen molar-refractivity contribution in [2.24, 2.45) is 17.8 Å². The van der Waals surface area contributed by atoms with Gasteiger partial charge >= 0.3 is 0 Å². The van der Waals surface area contributed by atoms with E-state index < -0.39 is 0 Å². The van der Waals surface area contributed by atoms with Gasteiger partial charge in [0.05, 0.1) is 11.9 Å². The Morgan fingerprint density at radius 1 is 1.43 bits per heavy atom. The minimum atomic E-state index is -0.0507. The molecule has 0 aromatic carbocycles. The SMILES string of the molecule is CC(C)Cn1ncc(NC2CCCC(C)C2C)c(Br)c1=O. The third-order valence-corrected chi connectivity index (χ3v) is 5.34. The van der Waals surface area contributed by atoms with Crippen LogP contribution in [0.25, 0.3) is 0 Å². The summed E-state index contributed by atoms with van der Waals surface area (Å²) in [5.74, 6) is 1.74. The maximum Gasteiger partial charge on any atom is 0.283 e. The standard InChI is InChI=1S/C16H26BrN3O/c1-10(2)9-20-16(21)15(17)14(8-18-20)19-13-7-5-6-11(3)12(13)4/h8,10-13,19H,5-7,9H2,1-4H3. The second-order valence-corrected chi connectivity index (χ2v) is 7.56. The van der Waals surface area contributed by atoms with Gasteiger partial charge in [-0.15, -0.1) is 0 Å². The maximum absolute atomic E-state index is 12.3. The number of aromatic nitrogens is 2. The molecule has 1 aliphatic carbocycles. The third-order valence-electron chi connectivity index (χ3n) is 4.57. The zero-order chi connectivity index (χ0) is 15.6. The van der Waals surface area contributed by atoms with Crippen molar-refractivity contribution in [1.29, 1.82) is 0 Å². The third kappa shape index (κ3) is 3.87. The highest BCUT2D eigenvalue weighted by atomic mass is 79.9. The predicted molar refractivity (Wildman–Crippen MR) is 90.6 cm³/mol. The van der Waals surface area contributed by atoms with Crippen LogP contribution in [0.3, 0.4) is 0 Å². The summed E-state index contributed by atoms with van der Waals surface area (Å²) in [5.41, 5.74) is 0.774. The van der Waals surface area contributed by atoms with Crippen LogP contribution in [-0.4, -0.2) is 15.8 Å². The van der Waals surface area contributed by atoms with Crippen LogP contribution in [0, 0.1) is 17.8 Å². The van der Waals surface area contributed by atoms with Gasteiger partial charge in [-0.3, -0.25) is 4.79 Å². The molecule has 0 aliphatic heterocycles. The van der Waals surface area contributed by atoms with Crippen LogP contribution < -0.4 is 10.9 Å². The summed E-state index contributed by atoms with van der Waals surface area (Å²) in [4.78, 5) is 12.3. The summed E-state index contributed by atoms with van der Waals surface area (Å²) in [7, 11) is 0. The topological polar surface area (TPSA) is 46.9 Å². The molecule has 3 unspecified atom stereocenters. The number of nitrogens with zero attached hydrogens (tertiary/aromatic N) is 2. The summed E-state index contributed by atoms with van der Waals surface area (Å²) >= 11 is 3.45. The van der Waals surface area contributed by atoms with E-state index in [0.29, 0.717) is 28.9 Å². The Kier molecular flexibility index (Phi) is 5.47. The number of halogens is 1. The Labute approximate surface area is 135 Å². The van der Waals surface area contributed by atoms with Gasteiger partial charge in [-0.2, -0.15) is 5.10 Å². The molecule has 0 amide bonds. The van der Waals surface area contributed by atoms with Crippen LogP contribution in [0.2, 0.25) is 0 Å². The zero-order valence-electron chi connectivity index (χ0n) is 13.4. The molecule has 1 aromatic rings. The first kappa shape index (κ1) is 16.5. The van der Waals surface area contributed by atoms with Crippen molar-refractivity contribution >= 4 is 21.6 Å². The van der Waals surface area contributed by atoms with Gasteiger partial charge in [0.2, 0.25) is 0 Å². The Morgan fingerprint density at radius 2 is 2.14 bits per heavy atom. The molecule has 1 heterocycles. The van der Waals surface area contributed by atoms with Crippen LogP contribution >= 0.6 is 15.9 Å². The van der Waals surface area contributed by atoms with Gasteiger partial charge in [0.15, 0.2) is 0 Å². The molecule has 0 saturated heterocycles. The van der Waals surface area contributed by atoms with E-state index >= 15 is 0 Å².